The van der Waals surface area contributed by atoms with Crippen molar-refractivity contribution in [1.29, 1.82) is 0 Å². The summed E-state index contributed by atoms with van der Waals surface area (Å²) in [6.45, 7) is 14.1. The molecule has 0 bridgehead atoms. The Kier molecular flexibility index (Phi) is 6.48. The summed E-state index contributed by atoms with van der Waals surface area (Å²) in [7, 11) is 0. The maximum Gasteiger partial charge on any atom is -0.0357 e. The Bertz CT molecular complexity index is 125. The molecule has 1 atom stereocenters. The molecule has 0 fully saturated rings. The van der Waals surface area contributed by atoms with Gasteiger partial charge in [0.25, 0.3) is 0 Å². The maximum atomic E-state index is 2.40. The van der Waals surface area contributed by atoms with Gasteiger partial charge in [-0.25, -0.2) is 0 Å². The summed E-state index contributed by atoms with van der Waals surface area (Å²) in [5, 5.41) is 0. The van der Waals surface area contributed by atoms with E-state index in [2.05, 4.69) is 41.5 Å². The highest BCUT2D eigenvalue weighted by Gasteiger charge is 2.19. The molecule has 0 amide bonds. The van der Waals surface area contributed by atoms with Crippen molar-refractivity contribution in [2.45, 2.75) is 73.6 Å². The van der Waals surface area contributed by atoms with Crippen molar-refractivity contribution >= 4 is 0 Å². The summed E-state index contributed by atoms with van der Waals surface area (Å²) in [4.78, 5) is 0. The van der Waals surface area contributed by atoms with Crippen LogP contribution in [-0.4, -0.2) is 0 Å². The van der Waals surface area contributed by atoms with E-state index in [0.717, 1.165) is 11.8 Å². The average molecular weight is 198 g/mol. The lowest BCUT2D eigenvalue weighted by Crippen LogP contribution is -2.17. The van der Waals surface area contributed by atoms with Crippen LogP contribution in [0, 0.1) is 17.3 Å². The highest BCUT2D eigenvalue weighted by Crippen LogP contribution is 2.30. The second-order valence-corrected chi connectivity index (χ2v) is 5.88. The number of hydrogen-bond donors (Lipinski definition) is 0. The van der Waals surface area contributed by atoms with Gasteiger partial charge in [0.2, 0.25) is 0 Å². The van der Waals surface area contributed by atoms with Crippen molar-refractivity contribution < 1.29 is 0 Å². The minimum absolute atomic E-state index is 0.494. The molecule has 0 saturated heterocycles. The summed E-state index contributed by atoms with van der Waals surface area (Å²) in [6, 6.07) is 0. The molecule has 0 aromatic heterocycles. The number of hydrogen-bond acceptors (Lipinski definition) is 0. The molecule has 1 unspecified atom stereocenters. The Morgan fingerprint density at radius 3 is 1.79 bits per heavy atom. The van der Waals surface area contributed by atoms with Crippen LogP contribution in [0.15, 0.2) is 0 Å². The van der Waals surface area contributed by atoms with Gasteiger partial charge < -0.3 is 0 Å². The van der Waals surface area contributed by atoms with E-state index < -0.39 is 0 Å². The first-order valence-corrected chi connectivity index (χ1v) is 6.41. The summed E-state index contributed by atoms with van der Waals surface area (Å²) >= 11 is 0. The predicted molar refractivity (Wildman–Crippen MR) is 66.5 cm³/mol. The van der Waals surface area contributed by atoms with Gasteiger partial charge in [-0.2, -0.15) is 0 Å². The van der Waals surface area contributed by atoms with Gasteiger partial charge in [-0.1, -0.05) is 73.6 Å². The van der Waals surface area contributed by atoms with E-state index in [1.165, 1.54) is 32.1 Å². The molecule has 14 heavy (non-hydrogen) atoms. The molecule has 0 aliphatic heterocycles. The topological polar surface area (TPSA) is 0 Å². The Morgan fingerprint density at radius 1 is 0.929 bits per heavy atom. The van der Waals surface area contributed by atoms with Gasteiger partial charge in [-0.3, -0.25) is 0 Å². The summed E-state index contributed by atoms with van der Waals surface area (Å²) in [5.74, 6) is 1.83. The molecule has 0 aliphatic rings. The van der Waals surface area contributed by atoms with Crippen LogP contribution >= 0.6 is 0 Å². The molecule has 0 aromatic rings. The van der Waals surface area contributed by atoms with Crippen LogP contribution in [0.5, 0.6) is 0 Å². The first kappa shape index (κ1) is 14.0. The zero-order valence-electron chi connectivity index (χ0n) is 11.2. The molecule has 0 saturated carbocycles. The van der Waals surface area contributed by atoms with E-state index in [-0.39, 0.29) is 0 Å². The molecule has 0 heteroatoms. The molecule has 0 nitrogen and oxygen atoms in total. The average Bonchev–Trinajstić information content (AvgIpc) is 2.10. The largest absolute Gasteiger partial charge is 0.0651 e. The van der Waals surface area contributed by atoms with E-state index >= 15 is 0 Å². The SMILES string of the molecule is CCC(CC)CCCC(C)C(C)(C)C. The van der Waals surface area contributed by atoms with Crippen LogP contribution in [0.25, 0.3) is 0 Å². The molecule has 0 heterocycles. The van der Waals surface area contributed by atoms with Crippen LogP contribution in [0.4, 0.5) is 0 Å². The zero-order valence-corrected chi connectivity index (χ0v) is 11.2. The fraction of sp³-hybridized carbons (Fsp3) is 1.00. The lowest BCUT2D eigenvalue weighted by atomic mass is 9.78. The quantitative estimate of drug-likeness (QED) is 0.545. The lowest BCUT2D eigenvalue weighted by molar-refractivity contribution is 0.235. The highest BCUT2D eigenvalue weighted by atomic mass is 14.2. The van der Waals surface area contributed by atoms with Crippen molar-refractivity contribution in [2.24, 2.45) is 17.3 Å². The van der Waals surface area contributed by atoms with Crippen molar-refractivity contribution in [3.63, 3.8) is 0 Å². The fourth-order valence-corrected chi connectivity index (χ4v) is 1.84. The van der Waals surface area contributed by atoms with Gasteiger partial charge in [0.15, 0.2) is 0 Å². The van der Waals surface area contributed by atoms with Crippen LogP contribution in [0.3, 0.4) is 0 Å². The summed E-state index contributed by atoms with van der Waals surface area (Å²) < 4.78 is 0. The third kappa shape index (κ3) is 5.67. The molecule has 0 aromatic carbocycles. The van der Waals surface area contributed by atoms with E-state index in [1.807, 2.05) is 0 Å². The van der Waals surface area contributed by atoms with Gasteiger partial charge in [-0.05, 0) is 17.3 Å². The van der Waals surface area contributed by atoms with Crippen LogP contribution in [-0.2, 0) is 0 Å². The molecule has 0 spiro atoms. The fourth-order valence-electron chi connectivity index (χ4n) is 1.84. The molecule has 0 aliphatic carbocycles. The van der Waals surface area contributed by atoms with Crippen LogP contribution in [0.1, 0.15) is 73.6 Å². The van der Waals surface area contributed by atoms with Crippen molar-refractivity contribution in [3.05, 3.63) is 0 Å². The second kappa shape index (κ2) is 6.48. The minimum atomic E-state index is 0.494. The van der Waals surface area contributed by atoms with Gasteiger partial charge in [0, 0.05) is 0 Å². The van der Waals surface area contributed by atoms with Gasteiger partial charge in [0.1, 0.15) is 0 Å². The minimum Gasteiger partial charge on any atom is -0.0651 e. The molecular weight excluding hydrogens is 168 g/mol. The first-order chi connectivity index (χ1) is 6.41. The molecular formula is C14H30. The van der Waals surface area contributed by atoms with Crippen LogP contribution < -0.4 is 0 Å². The molecule has 0 rings (SSSR count). The standard InChI is InChI=1S/C14H30/c1-7-13(8-2)11-9-10-12(3)14(4,5)6/h12-13H,7-11H2,1-6H3. The Morgan fingerprint density at radius 2 is 1.43 bits per heavy atom. The van der Waals surface area contributed by atoms with Crippen molar-refractivity contribution in [2.75, 3.05) is 0 Å². The lowest BCUT2D eigenvalue weighted by Gasteiger charge is -2.27. The normalized spacial score (nSPS) is 14.8. The van der Waals surface area contributed by atoms with Gasteiger partial charge in [-0.15, -0.1) is 0 Å². The second-order valence-electron chi connectivity index (χ2n) is 5.88. The van der Waals surface area contributed by atoms with Crippen molar-refractivity contribution in [1.82, 2.24) is 0 Å². The third-order valence-corrected chi connectivity index (χ3v) is 3.88. The summed E-state index contributed by atoms with van der Waals surface area (Å²) in [6.07, 6.45) is 6.99. The first-order valence-electron chi connectivity index (χ1n) is 6.41. The highest BCUT2D eigenvalue weighted by molar-refractivity contribution is 4.70. The third-order valence-electron chi connectivity index (χ3n) is 3.88. The smallest absolute Gasteiger partial charge is 0.0357 e. The van der Waals surface area contributed by atoms with E-state index in [0.29, 0.717) is 5.41 Å². The Balaban J connectivity index is 3.63. The van der Waals surface area contributed by atoms with E-state index in [4.69, 9.17) is 0 Å². The maximum absolute atomic E-state index is 2.40. The molecule has 86 valence electrons. The van der Waals surface area contributed by atoms with E-state index in [9.17, 15) is 0 Å². The van der Waals surface area contributed by atoms with Gasteiger partial charge in [0.05, 0.1) is 0 Å². The van der Waals surface area contributed by atoms with Crippen molar-refractivity contribution in [3.8, 4) is 0 Å². The monoisotopic (exact) mass is 198 g/mol. The predicted octanol–water partition coefficient (Wildman–Crippen LogP) is 5.28. The Hall–Kier alpha value is 0. The molecule has 0 N–H and O–H groups in total. The zero-order chi connectivity index (χ0) is 11.2. The molecule has 0 radical (unpaired) electrons. The van der Waals surface area contributed by atoms with Crippen LogP contribution in [0.2, 0.25) is 0 Å². The van der Waals surface area contributed by atoms with Gasteiger partial charge >= 0.3 is 0 Å². The van der Waals surface area contributed by atoms with E-state index in [1.54, 1.807) is 0 Å². The number of rotatable bonds is 6. The Labute approximate surface area is 91.5 Å². The summed E-state index contributed by atoms with van der Waals surface area (Å²) in [5.41, 5.74) is 0.494.